The highest BCUT2D eigenvalue weighted by Gasteiger charge is 2.10. The number of pyridine rings is 1. The second-order valence-corrected chi connectivity index (χ2v) is 4.37. The Morgan fingerprint density at radius 3 is 2.81 bits per heavy atom. The molecular weight excluding hydrogens is 270 g/mol. The number of rotatable bonds is 4. The molecule has 21 heavy (non-hydrogen) atoms. The monoisotopic (exact) mass is 281 g/mol. The van der Waals surface area contributed by atoms with Gasteiger partial charge in [-0.3, -0.25) is 9.59 Å². The van der Waals surface area contributed by atoms with Crippen LogP contribution >= 0.6 is 0 Å². The van der Waals surface area contributed by atoms with Gasteiger partial charge < -0.3 is 4.84 Å². The fourth-order valence-electron chi connectivity index (χ4n) is 2.00. The summed E-state index contributed by atoms with van der Waals surface area (Å²) >= 11 is 0. The Morgan fingerprint density at radius 1 is 1.24 bits per heavy atom. The molecule has 104 valence electrons. The second-order valence-electron chi connectivity index (χ2n) is 4.37. The van der Waals surface area contributed by atoms with Crippen LogP contribution in [0.1, 0.15) is 15.9 Å². The molecule has 0 aliphatic rings. The van der Waals surface area contributed by atoms with Gasteiger partial charge in [-0.25, -0.2) is 9.97 Å². The first-order valence-electron chi connectivity index (χ1n) is 6.28. The molecule has 0 spiro atoms. The third kappa shape index (κ3) is 2.51. The SMILES string of the molecule is O=Cc1cc(=O)n(OCc2ccccc2)c2ncncc12. The largest absolute Gasteiger partial charge is 0.404 e. The van der Waals surface area contributed by atoms with Crippen LogP contribution in [0.15, 0.2) is 53.7 Å². The zero-order chi connectivity index (χ0) is 14.7. The van der Waals surface area contributed by atoms with Crippen molar-refractivity contribution in [1.82, 2.24) is 14.7 Å². The van der Waals surface area contributed by atoms with Crippen molar-refractivity contribution in [2.75, 3.05) is 0 Å². The number of carbonyl (C=O) groups is 1. The number of hydrogen-bond acceptors (Lipinski definition) is 5. The smallest absolute Gasteiger partial charge is 0.285 e. The Morgan fingerprint density at radius 2 is 2.05 bits per heavy atom. The van der Waals surface area contributed by atoms with Crippen molar-refractivity contribution in [3.05, 3.63) is 70.4 Å². The summed E-state index contributed by atoms with van der Waals surface area (Å²) in [5.74, 6) is 0. The molecule has 0 saturated carbocycles. The first-order chi connectivity index (χ1) is 10.3. The number of carbonyl (C=O) groups excluding carboxylic acids is 1. The number of nitrogens with zero attached hydrogens (tertiary/aromatic N) is 3. The van der Waals surface area contributed by atoms with Gasteiger partial charge in [-0.2, -0.15) is 0 Å². The molecule has 6 heteroatoms. The topological polar surface area (TPSA) is 74.1 Å². The van der Waals surface area contributed by atoms with Crippen molar-refractivity contribution in [1.29, 1.82) is 0 Å². The minimum absolute atomic E-state index is 0.223. The van der Waals surface area contributed by atoms with Crippen molar-refractivity contribution < 1.29 is 9.63 Å². The number of hydrogen-bond donors (Lipinski definition) is 0. The summed E-state index contributed by atoms with van der Waals surface area (Å²) in [6, 6.07) is 10.7. The van der Waals surface area contributed by atoms with E-state index in [1.165, 1.54) is 18.6 Å². The van der Waals surface area contributed by atoms with Crippen molar-refractivity contribution in [2.45, 2.75) is 6.61 Å². The summed E-state index contributed by atoms with van der Waals surface area (Å²) in [5, 5.41) is 0.472. The van der Waals surface area contributed by atoms with Crippen LogP contribution in [0.4, 0.5) is 0 Å². The molecule has 0 bridgehead atoms. The van der Waals surface area contributed by atoms with E-state index >= 15 is 0 Å². The summed E-state index contributed by atoms with van der Waals surface area (Å²) in [6.07, 6.45) is 3.39. The summed E-state index contributed by atoms with van der Waals surface area (Å²) in [7, 11) is 0. The summed E-state index contributed by atoms with van der Waals surface area (Å²) in [6.45, 7) is 0.223. The van der Waals surface area contributed by atoms with Crippen LogP contribution in [0, 0.1) is 0 Å². The van der Waals surface area contributed by atoms with Gasteiger partial charge in [0.05, 0.1) is 0 Å². The Hall–Kier alpha value is -3.02. The van der Waals surface area contributed by atoms with Gasteiger partial charge >= 0.3 is 0 Å². The third-order valence-corrected chi connectivity index (χ3v) is 3.00. The van der Waals surface area contributed by atoms with Crippen LogP contribution in [0.25, 0.3) is 11.0 Å². The lowest BCUT2D eigenvalue weighted by Crippen LogP contribution is -2.28. The highest BCUT2D eigenvalue weighted by atomic mass is 16.7. The molecule has 6 nitrogen and oxygen atoms in total. The molecule has 0 fully saturated rings. The number of aromatic nitrogens is 3. The van der Waals surface area contributed by atoms with E-state index in [4.69, 9.17) is 4.84 Å². The molecule has 0 N–H and O–H groups in total. The van der Waals surface area contributed by atoms with E-state index < -0.39 is 5.56 Å². The summed E-state index contributed by atoms with van der Waals surface area (Å²) in [4.78, 5) is 36.5. The third-order valence-electron chi connectivity index (χ3n) is 3.00. The maximum Gasteiger partial charge on any atom is 0.285 e. The van der Waals surface area contributed by atoms with Crippen LogP contribution < -0.4 is 10.4 Å². The van der Waals surface area contributed by atoms with Gasteiger partial charge in [-0.15, -0.1) is 4.73 Å². The standard InChI is InChI=1S/C15H11N3O3/c19-8-12-6-14(20)18(15-13(12)7-16-10-17-15)21-9-11-4-2-1-3-5-11/h1-8,10H,9H2. The molecule has 2 aromatic heterocycles. The lowest BCUT2D eigenvalue weighted by Gasteiger charge is -2.11. The molecule has 2 heterocycles. The average Bonchev–Trinajstić information content (AvgIpc) is 2.54. The van der Waals surface area contributed by atoms with E-state index in [1.54, 1.807) is 0 Å². The average molecular weight is 281 g/mol. The van der Waals surface area contributed by atoms with Gasteiger partial charge in [0.25, 0.3) is 5.56 Å². The van der Waals surface area contributed by atoms with Gasteiger partial charge in [0.15, 0.2) is 11.9 Å². The van der Waals surface area contributed by atoms with Crippen LogP contribution in [-0.2, 0) is 6.61 Å². The van der Waals surface area contributed by atoms with Gasteiger partial charge in [0.1, 0.15) is 12.9 Å². The van der Waals surface area contributed by atoms with Crippen LogP contribution in [-0.4, -0.2) is 21.0 Å². The minimum atomic E-state index is -0.445. The Bertz CT molecular complexity index is 844. The molecule has 3 rings (SSSR count). The fraction of sp³-hybridized carbons (Fsp3) is 0.0667. The van der Waals surface area contributed by atoms with Crippen LogP contribution in [0.3, 0.4) is 0 Å². The number of fused-ring (bicyclic) bond motifs is 1. The second kappa shape index (κ2) is 5.54. The lowest BCUT2D eigenvalue weighted by molar-refractivity contribution is 0.0976. The summed E-state index contributed by atoms with van der Waals surface area (Å²) in [5.41, 5.74) is 0.996. The van der Waals surface area contributed by atoms with E-state index in [0.29, 0.717) is 11.7 Å². The van der Waals surface area contributed by atoms with Gasteiger partial charge in [-0.05, 0) is 5.56 Å². The molecule has 0 aliphatic carbocycles. The van der Waals surface area contributed by atoms with Crippen LogP contribution in [0.2, 0.25) is 0 Å². The Balaban J connectivity index is 2.04. The van der Waals surface area contributed by atoms with E-state index in [-0.39, 0.29) is 17.8 Å². The Kier molecular flexibility index (Phi) is 3.42. The van der Waals surface area contributed by atoms with E-state index in [1.807, 2.05) is 30.3 Å². The van der Waals surface area contributed by atoms with Gasteiger partial charge in [0, 0.05) is 23.2 Å². The molecular formula is C15H11N3O3. The van der Waals surface area contributed by atoms with E-state index in [9.17, 15) is 9.59 Å². The van der Waals surface area contributed by atoms with E-state index in [0.717, 1.165) is 10.3 Å². The highest BCUT2D eigenvalue weighted by Crippen LogP contribution is 2.11. The molecule has 0 unspecified atom stereocenters. The zero-order valence-corrected chi connectivity index (χ0v) is 11.0. The lowest BCUT2D eigenvalue weighted by atomic mass is 10.2. The minimum Gasteiger partial charge on any atom is -0.404 e. The normalized spacial score (nSPS) is 10.5. The summed E-state index contributed by atoms with van der Waals surface area (Å²) < 4.78 is 1.08. The van der Waals surface area contributed by atoms with Gasteiger partial charge in [-0.1, -0.05) is 30.3 Å². The molecule has 0 atom stereocenters. The fourth-order valence-corrected chi connectivity index (χ4v) is 2.00. The van der Waals surface area contributed by atoms with E-state index in [2.05, 4.69) is 9.97 Å². The van der Waals surface area contributed by atoms with Crippen LogP contribution in [0.5, 0.6) is 0 Å². The molecule has 3 aromatic rings. The van der Waals surface area contributed by atoms with Gasteiger partial charge in [0.2, 0.25) is 0 Å². The number of aldehydes is 1. The number of benzene rings is 1. The highest BCUT2D eigenvalue weighted by molar-refractivity contribution is 5.94. The molecule has 0 radical (unpaired) electrons. The maximum absolute atomic E-state index is 12.1. The molecule has 0 amide bonds. The molecule has 1 aromatic carbocycles. The predicted octanol–water partition coefficient (Wildman–Crippen LogP) is 1.23. The molecule has 0 aliphatic heterocycles. The molecule has 0 saturated heterocycles. The zero-order valence-electron chi connectivity index (χ0n) is 11.0. The van der Waals surface area contributed by atoms with Crippen molar-refractivity contribution in [3.8, 4) is 0 Å². The first kappa shape index (κ1) is 13.0. The van der Waals surface area contributed by atoms with Crippen molar-refractivity contribution in [2.24, 2.45) is 0 Å². The first-order valence-corrected chi connectivity index (χ1v) is 6.28. The Labute approximate surface area is 119 Å². The van der Waals surface area contributed by atoms with Crippen molar-refractivity contribution in [3.63, 3.8) is 0 Å². The maximum atomic E-state index is 12.1. The quantitative estimate of drug-likeness (QED) is 0.672. The van der Waals surface area contributed by atoms with Crippen molar-refractivity contribution >= 4 is 17.3 Å². The predicted molar refractivity (Wildman–Crippen MR) is 75.9 cm³/mol.